The van der Waals surface area contributed by atoms with E-state index in [9.17, 15) is 4.57 Å². The smallest absolute Gasteiger partial charge is 0.322 e. The van der Waals surface area contributed by atoms with E-state index in [2.05, 4.69) is 15.1 Å². The summed E-state index contributed by atoms with van der Waals surface area (Å²) in [5.74, 6) is 0. The molecule has 68 valence electrons. The molecule has 0 rings (SSSR count). The van der Waals surface area contributed by atoms with Crippen LogP contribution in [0.4, 0.5) is 0 Å². The van der Waals surface area contributed by atoms with Gasteiger partial charge in [0.15, 0.2) is 0 Å². The molecule has 0 atom stereocenters. The molecule has 0 radical (unpaired) electrons. The second kappa shape index (κ2) is 5.72. The molecule has 0 spiro atoms. The summed E-state index contributed by atoms with van der Waals surface area (Å²) in [7, 11) is -3.07. The van der Waals surface area contributed by atoms with Gasteiger partial charge in [-0.15, -0.1) is 0 Å². The molecule has 5 heteroatoms. The lowest BCUT2D eigenvalue weighted by atomic mass is 10.5. The zero-order valence-corrected chi connectivity index (χ0v) is 7.99. The van der Waals surface area contributed by atoms with Gasteiger partial charge in [-0.05, 0) is 12.8 Å². The standard InChI is InChI=1S/C6H17N2O2P/c1-3-5-7-11(9,10)8-6-4-2/h3-6H2,1-2H3,(H3,7,8,9,10)/i/hT. The van der Waals surface area contributed by atoms with Crippen LogP contribution in [0.5, 0.6) is 0 Å². The Balaban J connectivity index is 3.79. The third kappa shape index (κ3) is 6.51. The Labute approximate surface area is 69.4 Å². The Bertz CT molecular complexity index is 144. The van der Waals surface area contributed by atoms with Gasteiger partial charge in [-0.25, -0.2) is 10.2 Å². The number of nitrogens with one attached hydrogen (secondary N) is 2. The van der Waals surface area contributed by atoms with Gasteiger partial charge in [-0.1, -0.05) is 13.8 Å². The molecule has 0 aromatic rings. The van der Waals surface area contributed by atoms with Crippen molar-refractivity contribution in [2.45, 2.75) is 26.7 Å². The molecule has 0 aromatic heterocycles. The van der Waals surface area contributed by atoms with Crippen LogP contribution in [0.2, 0.25) is 0 Å². The molecule has 0 fully saturated rings. The van der Waals surface area contributed by atoms with E-state index in [0.29, 0.717) is 13.1 Å². The summed E-state index contributed by atoms with van der Waals surface area (Å²) in [4.78, 5) is 4.13. The molecule has 3 N–H and O–H groups in total. The summed E-state index contributed by atoms with van der Waals surface area (Å²) in [5, 5.41) is 5.33. The number of hydrogen-bond acceptors (Lipinski definition) is 2. The lowest BCUT2D eigenvalue weighted by Gasteiger charge is -2.12. The van der Waals surface area contributed by atoms with Gasteiger partial charge in [0.1, 0.15) is 0 Å². The zero-order chi connectivity index (χ0) is 9.45. The second-order valence-electron chi connectivity index (χ2n) is 2.37. The van der Waals surface area contributed by atoms with Gasteiger partial charge in [-0.3, -0.25) is 4.57 Å². The van der Waals surface area contributed by atoms with Gasteiger partial charge >= 0.3 is 7.67 Å². The summed E-state index contributed by atoms with van der Waals surface area (Å²) in [5.41, 5.74) is 0. The minimum atomic E-state index is -3.07. The van der Waals surface area contributed by atoms with Crippen LogP contribution in [0.15, 0.2) is 0 Å². The van der Waals surface area contributed by atoms with Crippen molar-refractivity contribution in [1.82, 2.24) is 10.2 Å². The summed E-state index contributed by atoms with van der Waals surface area (Å²) < 4.78 is 18.1. The Hall–Kier alpha value is 0.110. The fourth-order valence-electron chi connectivity index (χ4n) is 0.574. The van der Waals surface area contributed by atoms with Crippen molar-refractivity contribution in [2.75, 3.05) is 13.1 Å². The van der Waals surface area contributed by atoms with E-state index in [1.165, 1.54) is 0 Å². The minimum Gasteiger partial charge on any atom is -0.322 e. The van der Waals surface area contributed by atoms with E-state index in [1.54, 1.807) is 0 Å². The quantitative estimate of drug-likeness (QED) is 0.516. The first kappa shape index (κ1) is 9.20. The molecule has 0 heterocycles. The van der Waals surface area contributed by atoms with E-state index >= 15 is 0 Å². The first-order valence-electron chi connectivity index (χ1n) is 4.34. The maximum absolute atomic E-state index is 11.5. The normalized spacial score (nSPS) is 13.1. The molecule has 4 nitrogen and oxygen atoms in total. The van der Waals surface area contributed by atoms with Crippen LogP contribution in [-0.2, 0) is 4.57 Å². The molecule has 0 saturated heterocycles. The Kier molecular flexibility index (Phi) is 4.79. The molecular weight excluding hydrogens is 163 g/mol. The molecule has 0 unspecified atom stereocenters. The average molecular weight is 182 g/mol. The van der Waals surface area contributed by atoms with Gasteiger partial charge in [0, 0.05) is 13.1 Å². The van der Waals surface area contributed by atoms with Crippen molar-refractivity contribution >= 4 is 7.67 Å². The van der Waals surface area contributed by atoms with E-state index in [1.807, 2.05) is 13.8 Å². The van der Waals surface area contributed by atoms with Crippen molar-refractivity contribution in [3.63, 3.8) is 0 Å². The SMILES string of the molecule is [3H]OP(=O)(NCCC)NCCC. The first-order valence-corrected chi connectivity index (χ1v) is 5.56. The van der Waals surface area contributed by atoms with Crippen LogP contribution in [-0.4, -0.2) is 19.4 Å². The van der Waals surface area contributed by atoms with Gasteiger partial charge in [0.2, 0.25) is 1.43 Å². The first-order chi connectivity index (χ1) is 5.68. The molecular formula is C6H17N2O2P. The fraction of sp³-hybridized carbons (Fsp3) is 1.00. The maximum atomic E-state index is 11.5. The van der Waals surface area contributed by atoms with Gasteiger partial charge in [-0.2, -0.15) is 0 Å². The third-order valence-electron chi connectivity index (χ3n) is 1.14. The highest BCUT2D eigenvalue weighted by Crippen LogP contribution is 2.28. The Morgan fingerprint density at radius 3 is 2.09 bits per heavy atom. The number of hydrogen-bond donors (Lipinski definition) is 3. The van der Waals surface area contributed by atoms with Gasteiger partial charge in [0.05, 0.1) is 0 Å². The molecule has 11 heavy (non-hydrogen) atoms. The fourth-order valence-corrected chi connectivity index (χ4v) is 1.72. The van der Waals surface area contributed by atoms with Crippen molar-refractivity contribution in [2.24, 2.45) is 0 Å². The predicted molar refractivity (Wildman–Crippen MR) is 46.4 cm³/mol. The van der Waals surface area contributed by atoms with Crippen molar-refractivity contribution in [3.8, 4) is 0 Å². The zero-order valence-electron chi connectivity index (χ0n) is 8.09. The lowest BCUT2D eigenvalue weighted by Crippen LogP contribution is -2.23. The highest BCUT2D eigenvalue weighted by molar-refractivity contribution is 7.53. The van der Waals surface area contributed by atoms with Gasteiger partial charge < -0.3 is 4.90 Å². The molecule has 0 amide bonds. The van der Waals surface area contributed by atoms with Crippen LogP contribution in [0, 0.1) is 0 Å². The topological polar surface area (TPSA) is 61.4 Å². The van der Waals surface area contributed by atoms with Crippen LogP contribution in [0.3, 0.4) is 0 Å². The molecule has 0 bridgehead atoms. The van der Waals surface area contributed by atoms with Gasteiger partial charge in [0.25, 0.3) is 0 Å². The third-order valence-corrected chi connectivity index (χ3v) is 2.42. The summed E-state index contributed by atoms with van der Waals surface area (Å²) in [6.45, 7) is 5.10. The molecule has 0 aliphatic heterocycles. The van der Waals surface area contributed by atoms with Crippen molar-refractivity contribution in [1.29, 1.82) is 1.43 Å². The minimum absolute atomic E-state index is 0.590. The van der Waals surface area contributed by atoms with Crippen molar-refractivity contribution < 1.29 is 9.46 Å². The average Bonchev–Trinajstić information content (AvgIpc) is 2.11. The van der Waals surface area contributed by atoms with E-state index in [0.717, 1.165) is 12.8 Å². The van der Waals surface area contributed by atoms with Crippen LogP contribution in [0.1, 0.15) is 26.7 Å². The van der Waals surface area contributed by atoms with Crippen LogP contribution >= 0.6 is 7.67 Å². The molecule has 0 saturated carbocycles. The van der Waals surface area contributed by atoms with Crippen molar-refractivity contribution in [3.05, 3.63) is 0 Å². The summed E-state index contributed by atoms with van der Waals surface area (Å²) in [6, 6.07) is 0. The Morgan fingerprint density at radius 1 is 1.36 bits per heavy atom. The van der Waals surface area contributed by atoms with E-state index in [-0.39, 0.29) is 0 Å². The highest BCUT2D eigenvalue weighted by atomic mass is 31.2. The lowest BCUT2D eigenvalue weighted by molar-refractivity contribution is 0.446. The summed E-state index contributed by atoms with van der Waals surface area (Å²) in [6.07, 6.45) is 1.72. The largest absolute Gasteiger partial charge is 0.338 e. The second-order valence-corrected chi connectivity index (χ2v) is 4.10. The van der Waals surface area contributed by atoms with E-state index in [4.69, 9.17) is 1.43 Å². The molecule has 0 aliphatic carbocycles. The molecule has 0 aliphatic rings. The Morgan fingerprint density at radius 2 is 1.82 bits per heavy atom. The predicted octanol–water partition coefficient (Wildman–Crippen LogP) is 1.09. The van der Waals surface area contributed by atoms with E-state index < -0.39 is 7.67 Å². The van der Waals surface area contributed by atoms with Crippen LogP contribution in [0.25, 0.3) is 0 Å². The van der Waals surface area contributed by atoms with Crippen LogP contribution < -0.4 is 10.2 Å². The molecule has 0 aromatic carbocycles. The highest BCUT2D eigenvalue weighted by Gasteiger charge is 2.13. The summed E-state index contributed by atoms with van der Waals surface area (Å²) >= 11 is 0. The number of rotatable bonds is 7. The maximum Gasteiger partial charge on any atom is 0.338 e. The monoisotopic (exact) mass is 182 g/mol.